The first-order chi connectivity index (χ1) is 12.0. The first-order valence-corrected chi connectivity index (χ1v) is 8.51. The third-order valence-corrected chi connectivity index (χ3v) is 4.34. The van der Waals surface area contributed by atoms with Gasteiger partial charge in [-0.2, -0.15) is 0 Å². The zero-order valence-electron chi connectivity index (χ0n) is 14.8. The van der Waals surface area contributed by atoms with Gasteiger partial charge in [0.05, 0.1) is 16.9 Å². The number of nitrogens with zero attached hydrogens (tertiary/aromatic N) is 1. The van der Waals surface area contributed by atoms with E-state index in [1.54, 1.807) is 12.1 Å². The average Bonchev–Trinajstić information content (AvgIpc) is 2.58. The summed E-state index contributed by atoms with van der Waals surface area (Å²) in [6.07, 6.45) is 1.25. The highest BCUT2D eigenvalue weighted by molar-refractivity contribution is 6.10. The molecule has 25 heavy (non-hydrogen) atoms. The minimum atomic E-state index is 0.0637. The number of rotatable bonds is 5. The van der Waals surface area contributed by atoms with Crippen LogP contribution >= 0.6 is 0 Å². The molecule has 0 amide bonds. The quantitative estimate of drug-likeness (QED) is 0.623. The number of ketones is 1. The molecular formula is C21H22N2O2. The number of phenols is 1. The van der Waals surface area contributed by atoms with Crippen molar-refractivity contribution in [2.45, 2.75) is 33.6 Å². The molecule has 128 valence electrons. The highest BCUT2D eigenvalue weighted by Crippen LogP contribution is 2.36. The van der Waals surface area contributed by atoms with Crippen molar-refractivity contribution < 1.29 is 9.90 Å². The number of Topliss-reactive ketones (excluding diaryl/α,β-unsaturated/α-hetero) is 1. The first-order valence-electron chi connectivity index (χ1n) is 8.51. The van der Waals surface area contributed by atoms with Crippen molar-refractivity contribution in [3.8, 4) is 5.75 Å². The summed E-state index contributed by atoms with van der Waals surface area (Å²) in [6, 6.07) is 13.2. The molecular weight excluding hydrogens is 312 g/mol. The van der Waals surface area contributed by atoms with Crippen molar-refractivity contribution in [3.63, 3.8) is 0 Å². The summed E-state index contributed by atoms with van der Waals surface area (Å²) in [5.74, 6) is 0.178. The third-order valence-electron chi connectivity index (χ3n) is 4.34. The second-order valence-corrected chi connectivity index (χ2v) is 6.23. The molecule has 0 unspecified atom stereocenters. The van der Waals surface area contributed by atoms with Gasteiger partial charge < -0.3 is 10.4 Å². The van der Waals surface area contributed by atoms with Crippen molar-refractivity contribution in [1.82, 2.24) is 4.98 Å². The Morgan fingerprint density at radius 3 is 2.60 bits per heavy atom. The van der Waals surface area contributed by atoms with Gasteiger partial charge in [-0.15, -0.1) is 0 Å². The predicted octanol–water partition coefficient (Wildman–Crippen LogP) is 5.28. The summed E-state index contributed by atoms with van der Waals surface area (Å²) in [5, 5.41) is 14.4. The van der Waals surface area contributed by atoms with E-state index in [1.807, 2.05) is 51.1 Å². The van der Waals surface area contributed by atoms with Crippen LogP contribution in [-0.4, -0.2) is 15.9 Å². The molecule has 0 aliphatic heterocycles. The van der Waals surface area contributed by atoms with E-state index in [0.717, 1.165) is 23.1 Å². The van der Waals surface area contributed by atoms with E-state index in [1.165, 1.54) is 0 Å². The van der Waals surface area contributed by atoms with Gasteiger partial charge in [-0.3, -0.25) is 4.79 Å². The number of benzene rings is 2. The molecule has 2 N–H and O–H groups in total. The van der Waals surface area contributed by atoms with Crippen LogP contribution in [-0.2, 0) is 0 Å². The number of aromatic nitrogens is 1. The van der Waals surface area contributed by atoms with Gasteiger partial charge in [0.15, 0.2) is 5.78 Å². The fraction of sp³-hybridized carbons (Fsp3) is 0.238. The lowest BCUT2D eigenvalue weighted by atomic mass is 9.99. The van der Waals surface area contributed by atoms with E-state index < -0.39 is 0 Å². The number of anilines is 2. The molecule has 0 atom stereocenters. The lowest BCUT2D eigenvalue weighted by Gasteiger charge is -2.18. The van der Waals surface area contributed by atoms with Gasteiger partial charge in [0, 0.05) is 17.5 Å². The summed E-state index contributed by atoms with van der Waals surface area (Å²) < 4.78 is 0. The first kappa shape index (κ1) is 17.0. The van der Waals surface area contributed by atoms with Crippen molar-refractivity contribution in [2.75, 3.05) is 5.32 Å². The van der Waals surface area contributed by atoms with Gasteiger partial charge >= 0.3 is 0 Å². The van der Waals surface area contributed by atoms with Crippen molar-refractivity contribution >= 4 is 28.1 Å². The van der Waals surface area contributed by atoms with Crippen molar-refractivity contribution in [3.05, 3.63) is 59.3 Å². The molecule has 0 bridgehead atoms. The summed E-state index contributed by atoms with van der Waals surface area (Å²) in [7, 11) is 0. The standard InChI is InChI=1S/C21H22N2O2/c1-4-8-17(24)19-14(3)22-20-15(10-7-12-18(20)25)21(19)23-16-11-6-5-9-13(16)2/h5-7,9-12,25H,4,8H2,1-3H3,(H,22,23). The number of carbonyl (C=O) groups excluding carboxylic acids is 1. The highest BCUT2D eigenvalue weighted by Gasteiger charge is 2.20. The molecule has 0 aliphatic carbocycles. The monoisotopic (exact) mass is 334 g/mol. The number of phenolic OH excluding ortho intramolecular Hbond substituents is 1. The summed E-state index contributed by atoms with van der Waals surface area (Å²) in [4.78, 5) is 17.2. The van der Waals surface area contributed by atoms with E-state index in [-0.39, 0.29) is 11.5 Å². The third kappa shape index (κ3) is 3.20. The van der Waals surface area contributed by atoms with Crippen LogP contribution in [0.1, 0.15) is 41.4 Å². The smallest absolute Gasteiger partial charge is 0.166 e. The normalized spacial score (nSPS) is 10.8. The van der Waals surface area contributed by atoms with Gasteiger partial charge in [0.1, 0.15) is 11.3 Å². The molecule has 0 aliphatic rings. The average molecular weight is 334 g/mol. The lowest BCUT2D eigenvalue weighted by molar-refractivity contribution is 0.0981. The Balaban J connectivity index is 2.28. The van der Waals surface area contributed by atoms with Crippen LogP contribution in [0.25, 0.3) is 10.9 Å². The molecule has 0 radical (unpaired) electrons. The molecule has 3 aromatic rings. The van der Waals surface area contributed by atoms with Crippen LogP contribution in [0.15, 0.2) is 42.5 Å². The Morgan fingerprint density at radius 1 is 1.12 bits per heavy atom. The fourth-order valence-electron chi connectivity index (χ4n) is 3.06. The number of pyridine rings is 1. The van der Waals surface area contributed by atoms with Gasteiger partial charge in [-0.1, -0.05) is 37.3 Å². The van der Waals surface area contributed by atoms with Crippen molar-refractivity contribution in [1.29, 1.82) is 0 Å². The molecule has 0 saturated carbocycles. The number of carbonyl (C=O) groups is 1. The number of aryl methyl sites for hydroxylation is 2. The molecule has 0 spiro atoms. The van der Waals surface area contributed by atoms with Gasteiger partial charge in [-0.25, -0.2) is 4.98 Å². The minimum Gasteiger partial charge on any atom is -0.506 e. The highest BCUT2D eigenvalue weighted by atomic mass is 16.3. The van der Waals surface area contributed by atoms with E-state index in [4.69, 9.17) is 0 Å². The molecule has 2 aromatic carbocycles. The molecule has 0 saturated heterocycles. The van der Waals surface area contributed by atoms with E-state index in [9.17, 15) is 9.90 Å². The molecule has 0 fully saturated rings. The Bertz CT molecular complexity index is 948. The largest absolute Gasteiger partial charge is 0.506 e. The minimum absolute atomic E-state index is 0.0637. The second-order valence-electron chi connectivity index (χ2n) is 6.23. The maximum atomic E-state index is 12.7. The number of fused-ring (bicyclic) bond motifs is 1. The zero-order valence-corrected chi connectivity index (χ0v) is 14.8. The second kappa shape index (κ2) is 6.93. The summed E-state index contributed by atoms with van der Waals surface area (Å²) >= 11 is 0. The molecule has 4 nitrogen and oxygen atoms in total. The Kier molecular flexibility index (Phi) is 4.70. The summed E-state index contributed by atoms with van der Waals surface area (Å²) in [6.45, 7) is 5.82. The van der Waals surface area contributed by atoms with E-state index in [0.29, 0.717) is 28.9 Å². The molecule has 4 heteroatoms. The topological polar surface area (TPSA) is 62.2 Å². The van der Waals surface area contributed by atoms with Crippen LogP contribution in [0.5, 0.6) is 5.75 Å². The Hall–Kier alpha value is -2.88. The number of hydrogen-bond acceptors (Lipinski definition) is 4. The molecule has 1 heterocycles. The van der Waals surface area contributed by atoms with Crippen LogP contribution < -0.4 is 5.32 Å². The zero-order chi connectivity index (χ0) is 18.0. The molecule has 3 rings (SSSR count). The fourth-order valence-corrected chi connectivity index (χ4v) is 3.06. The Morgan fingerprint density at radius 2 is 1.88 bits per heavy atom. The maximum absolute atomic E-state index is 12.7. The molecule has 1 aromatic heterocycles. The van der Waals surface area contributed by atoms with Crippen LogP contribution in [0.4, 0.5) is 11.4 Å². The predicted molar refractivity (Wildman–Crippen MR) is 102 cm³/mol. The van der Waals surface area contributed by atoms with Crippen LogP contribution in [0, 0.1) is 13.8 Å². The number of aromatic hydroxyl groups is 1. The van der Waals surface area contributed by atoms with Gasteiger partial charge in [-0.05, 0) is 38.0 Å². The summed E-state index contributed by atoms with van der Waals surface area (Å²) in [5.41, 5.74) is 4.46. The number of para-hydroxylation sites is 2. The Labute approximate surface area is 147 Å². The van der Waals surface area contributed by atoms with E-state index in [2.05, 4.69) is 10.3 Å². The number of hydrogen-bond donors (Lipinski definition) is 2. The maximum Gasteiger partial charge on any atom is 0.166 e. The van der Waals surface area contributed by atoms with Crippen molar-refractivity contribution in [2.24, 2.45) is 0 Å². The lowest BCUT2D eigenvalue weighted by Crippen LogP contribution is -2.09. The van der Waals surface area contributed by atoms with Crippen LogP contribution in [0.3, 0.4) is 0 Å². The number of nitrogens with one attached hydrogen (secondary N) is 1. The van der Waals surface area contributed by atoms with E-state index >= 15 is 0 Å². The van der Waals surface area contributed by atoms with Crippen LogP contribution in [0.2, 0.25) is 0 Å². The van der Waals surface area contributed by atoms with Gasteiger partial charge in [0.2, 0.25) is 0 Å². The SMILES string of the molecule is CCCC(=O)c1c(C)nc2c(O)cccc2c1Nc1ccccc1C. The van der Waals surface area contributed by atoms with Gasteiger partial charge in [0.25, 0.3) is 0 Å².